The van der Waals surface area contributed by atoms with E-state index in [9.17, 15) is 0 Å². The van der Waals surface area contributed by atoms with Crippen LogP contribution in [0.3, 0.4) is 0 Å². The molecule has 0 bridgehead atoms. The second-order valence-electron chi connectivity index (χ2n) is 4.52. The van der Waals surface area contributed by atoms with Crippen molar-refractivity contribution in [2.75, 3.05) is 19.9 Å². The number of rotatable bonds is 6. The summed E-state index contributed by atoms with van der Waals surface area (Å²) in [5.74, 6) is 2.61. The van der Waals surface area contributed by atoms with Crippen molar-refractivity contribution in [1.29, 1.82) is 0 Å². The van der Waals surface area contributed by atoms with Gasteiger partial charge in [-0.25, -0.2) is 4.98 Å². The van der Waals surface area contributed by atoms with Crippen LogP contribution in [-0.2, 0) is 0 Å². The van der Waals surface area contributed by atoms with Gasteiger partial charge in [0.15, 0.2) is 0 Å². The van der Waals surface area contributed by atoms with Gasteiger partial charge in [0.1, 0.15) is 11.5 Å². The number of para-hydroxylation sites is 1. The summed E-state index contributed by atoms with van der Waals surface area (Å²) in [6.45, 7) is 3.89. The zero-order valence-electron chi connectivity index (χ0n) is 12.3. The molecule has 0 saturated carbocycles. The fourth-order valence-corrected chi connectivity index (χ4v) is 2.98. The van der Waals surface area contributed by atoms with E-state index in [2.05, 4.69) is 16.4 Å². The second-order valence-corrected chi connectivity index (χ2v) is 5.49. The summed E-state index contributed by atoms with van der Waals surface area (Å²) < 4.78 is 11.0. The molecule has 0 aliphatic carbocycles. The predicted molar refractivity (Wildman–Crippen MR) is 81.5 cm³/mol. The summed E-state index contributed by atoms with van der Waals surface area (Å²) in [6, 6.07) is 8.23. The molecule has 1 unspecified atom stereocenters. The molecule has 1 aromatic carbocycles. The Hall–Kier alpha value is -1.46. The van der Waals surface area contributed by atoms with Gasteiger partial charge in [-0.05, 0) is 27.0 Å². The normalized spacial score (nSPS) is 12.4. The van der Waals surface area contributed by atoms with Gasteiger partial charge in [-0.1, -0.05) is 30.0 Å². The molecule has 1 aromatic heterocycles. The van der Waals surface area contributed by atoms with Crippen molar-refractivity contribution in [2.45, 2.75) is 25.1 Å². The maximum Gasteiger partial charge on any atom is 0.256 e. The summed E-state index contributed by atoms with van der Waals surface area (Å²) in [4.78, 5) is 4.39. The smallest absolute Gasteiger partial charge is 0.256 e. The Kier molecular flexibility index (Phi) is 5.09. The molecule has 0 aliphatic heterocycles. The first-order valence-electron chi connectivity index (χ1n) is 6.52. The largest absolute Gasteiger partial charge is 0.496 e. The second kappa shape index (κ2) is 6.81. The third-order valence-electron chi connectivity index (χ3n) is 3.25. The third kappa shape index (κ3) is 3.35. The molecule has 0 spiro atoms. The Bertz CT molecular complexity index is 549. The molecule has 1 N–H and O–H groups in total. The molecule has 4 nitrogen and oxygen atoms in total. The van der Waals surface area contributed by atoms with E-state index in [0.717, 1.165) is 33.7 Å². The van der Waals surface area contributed by atoms with Gasteiger partial charge in [-0.2, -0.15) is 0 Å². The molecule has 1 atom stereocenters. The Morgan fingerprint density at radius 1 is 1.35 bits per heavy atom. The van der Waals surface area contributed by atoms with E-state index in [1.165, 1.54) is 0 Å². The van der Waals surface area contributed by atoms with E-state index >= 15 is 0 Å². The minimum absolute atomic E-state index is 0.184. The highest BCUT2D eigenvalue weighted by Gasteiger charge is 2.16. The first-order chi connectivity index (χ1) is 9.65. The third-order valence-corrected chi connectivity index (χ3v) is 4.17. The van der Waals surface area contributed by atoms with E-state index in [-0.39, 0.29) is 6.04 Å². The number of benzene rings is 1. The summed E-state index contributed by atoms with van der Waals surface area (Å²) in [5, 5.41) is 4.03. The lowest BCUT2D eigenvalue weighted by Gasteiger charge is -2.18. The lowest BCUT2D eigenvalue weighted by Crippen LogP contribution is -2.19. The maximum absolute atomic E-state index is 5.59. The highest BCUT2D eigenvalue weighted by atomic mass is 32.2. The van der Waals surface area contributed by atoms with Crippen molar-refractivity contribution in [3.63, 3.8) is 0 Å². The topological polar surface area (TPSA) is 47.3 Å². The van der Waals surface area contributed by atoms with Gasteiger partial charge in [0.2, 0.25) is 0 Å². The predicted octanol–water partition coefficient (Wildman–Crippen LogP) is 3.35. The van der Waals surface area contributed by atoms with Crippen molar-refractivity contribution < 1.29 is 9.15 Å². The van der Waals surface area contributed by atoms with E-state index in [4.69, 9.17) is 9.15 Å². The lowest BCUT2D eigenvalue weighted by molar-refractivity contribution is 0.404. The minimum atomic E-state index is 0.184. The molecule has 0 saturated heterocycles. The standard InChI is InChI=1S/C15H20N2O2S/c1-10-11(2)19-15(17-10)20-9-13(16-3)12-7-5-6-8-14(12)18-4/h5-8,13,16H,9H2,1-4H3. The van der Waals surface area contributed by atoms with E-state index < -0.39 is 0 Å². The fraction of sp³-hybridized carbons (Fsp3) is 0.400. The fourth-order valence-electron chi connectivity index (χ4n) is 1.94. The average molecular weight is 292 g/mol. The highest BCUT2D eigenvalue weighted by molar-refractivity contribution is 7.99. The van der Waals surface area contributed by atoms with Gasteiger partial charge in [0.05, 0.1) is 12.8 Å². The Labute approximate surface area is 123 Å². The molecule has 20 heavy (non-hydrogen) atoms. The molecular weight excluding hydrogens is 272 g/mol. The van der Waals surface area contributed by atoms with Crippen LogP contribution in [0.25, 0.3) is 0 Å². The number of nitrogens with zero attached hydrogens (tertiary/aromatic N) is 1. The zero-order chi connectivity index (χ0) is 14.5. The van der Waals surface area contributed by atoms with Crippen molar-refractivity contribution in [1.82, 2.24) is 10.3 Å². The molecule has 108 valence electrons. The minimum Gasteiger partial charge on any atom is -0.496 e. The van der Waals surface area contributed by atoms with Gasteiger partial charge in [0.25, 0.3) is 5.22 Å². The van der Waals surface area contributed by atoms with Gasteiger partial charge in [0, 0.05) is 17.4 Å². The van der Waals surface area contributed by atoms with Crippen LogP contribution >= 0.6 is 11.8 Å². The van der Waals surface area contributed by atoms with E-state index in [1.807, 2.05) is 39.1 Å². The van der Waals surface area contributed by atoms with Crippen LogP contribution < -0.4 is 10.1 Å². The first-order valence-corrected chi connectivity index (χ1v) is 7.51. The van der Waals surface area contributed by atoms with Crippen LogP contribution in [0.2, 0.25) is 0 Å². The van der Waals surface area contributed by atoms with E-state index in [0.29, 0.717) is 0 Å². The van der Waals surface area contributed by atoms with Crippen molar-refractivity contribution in [2.24, 2.45) is 0 Å². The van der Waals surface area contributed by atoms with Crippen LogP contribution in [0.1, 0.15) is 23.1 Å². The Balaban J connectivity index is 2.09. The molecule has 0 radical (unpaired) electrons. The van der Waals surface area contributed by atoms with Crippen molar-refractivity contribution >= 4 is 11.8 Å². The SMILES string of the molecule is CNC(CSc1nc(C)c(C)o1)c1ccccc1OC. The van der Waals surface area contributed by atoms with Crippen LogP contribution in [-0.4, -0.2) is 24.9 Å². The number of aromatic nitrogens is 1. The zero-order valence-corrected chi connectivity index (χ0v) is 13.1. The molecule has 1 heterocycles. The number of thioether (sulfide) groups is 1. The number of aryl methyl sites for hydroxylation is 2. The summed E-state index contributed by atoms with van der Waals surface area (Å²) >= 11 is 1.61. The van der Waals surface area contributed by atoms with Crippen LogP contribution in [0, 0.1) is 13.8 Å². The Morgan fingerprint density at radius 3 is 2.70 bits per heavy atom. The summed E-state index contributed by atoms with van der Waals surface area (Å²) in [5.41, 5.74) is 2.09. The number of ether oxygens (including phenoxy) is 1. The highest BCUT2D eigenvalue weighted by Crippen LogP contribution is 2.30. The molecule has 2 aromatic rings. The summed E-state index contributed by atoms with van der Waals surface area (Å²) in [7, 11) is 3.64. The first kappa shape index (κ1) is 14.9. The van der Waals surface area contributed by atoms with Gasteiger partial charge >= 0.3 is 0 Å². The molecule has 0 fully saturated rings. The number of nitrogens with one attached hydrogen (secondary N) is 1. The van der Waals surface area contributed by atoms with E-state index in [1.54, 1.807) is 18.9 Å². The average Bonchev–Trinajstić information content (AvgIpc) is 2.79. The maximum atomic E-state index is 5.59. The number of hydrogen-bond donors (Lipinski definition) is 1. The van der Waals surface area contributed by atoms with Crippen molar-refractivity contribution in [3.05, 3.63) is 41.3 Å². The molecular formula is C15H20N2O2S. The van der Waals surface area contributed by atoms with Crippen molar-refractivity contribution in [3.8, 4) is 5.75 Å². The molecule has 5 heteroatoms. The molecule has 0 aliphatic rings. The Morgan fingerprint density at radius 2 is 2.10 bits per heavy atom. The summed E-state index contributed by atoms with van der Waals surface area (Å²) in [6.07, 6.45) is 0. The van der Waals surface area contributed by atoms with Gasteiger partial charge in [-0.3, -0.25) is 0 Å². The molecule has 2 rings (SSSR count). The van der Waals surface area contributed by atoms with Crippen LogP contribution in [0.5, 0.6) is 5.75 Å². The number of hydrogen-bond acceptors (Lipinski definition) is 5. The lowest BCUT2D eigenvalue weighted by atomic mass is 10.1. The number of methoxy groups -OCH3 is 1. The van der Waals surface area contributed by atoms with Gasteiger partial charge in [-0.15, -0.1) is 0 Å². The van der Waals surface area contributed by atoms with Gasteiger partial charge < -0.3 is 14.5 Å². The molecule has 0 amide bonds. The van der Waals surface area contributed by atoms with Crippen LogP contribution in [0.4, 0.5) is 0 Å². The van der Waals surface area contributed by atoms with Crippen LogP contribution in [0.15, 0.2) is 33.9 Å². The quantitative estimate of drug-likeness (QED) is 0.827. The number of oxazole rings is 1. The monoisotopic (exact) mass is 292 g/mol.